The van der Waals surface area contributed by atoms with Crippen molar-refractivity contribution in [3.8, 4) is 23.0 Å². The molecule has 4 heteroatoms. The predicted octanol–water partition coefficient (Wildman–Crippen LogP) is 4.79. The van der Waals surface area contributed by atoms with Crippen LogP contribution in [0.5, 0.6) is 23.0 Å². The maximum absolute atomic E-state index is 12.0. The highest BCUT2D eigenvalue weighted by molar-refractivity contribution is 6.06. The van der Waals surface area contributed by atoms with E-state index >= 15 is 0 Å². The van der Waals surface area contributed by atoms with Crippen LogP contribution in [0.3, 0.4) is 0 Å². The standard InChI is InChI=1S/C21H16O4/c22-17-12-18(23)14-20(13-17)25-19-9-6-15(7-10-19)8-11-21(24)16-4-2-1-3-5-16/h1-14,22-23H/b11-8+. The van der Waals surface area contributed by atoms with Crippen LogP contribution in [0.25, 0.3) is 6.08 Å². The van der Waals surface area contributed by atoms with Crippen LogP contribution in [-0.4, -0.2) is 16.0 Å². The van der Waals surface area contributed by atoms with E-state index in [-0.39, 0.29) is 17.3 Å². The molecule has 3 rings (SSSR count). The average molecular weight is 332 g/mol. The van der Waals surface area contributed by atoms with Crippen LogP contribution in [0.15, 0.2) is 78.9 Å². The second-order valence-corrected chi connectivity index (χ2v) is 5.42. The molecule has 0 atom stereocenters. The minimum absolute atomic E-state index is 0.0591. The molecule has 0 bridgehead atoms. The molecule has 0 aliphatic rings. The molecule has 0 saturated carbocycles. The SMILES string of the molecule is O=C(/C=C/c1ccc(Oc2cc(O)cc(O)c2)cc1)c1ccccc1. The summed E-state index contributed by atoms with van der Waals surface area (Å²) in [4.78, 5) is 12.0. The number of phenols is 2. The number of allylic oxidation sites excluding steroid dienone is 1. The zero-order valence-electron chi connectivity index (χ0n) is 13.3. The first-order valence-corrected chi connectivity index (χ1v) is 7.68. The lowest BCUT2D eigenvalue weighted by molar-refractivity contribution is 0.104. The Bertz CT molecular complexity index is 877. The number of hydrogen-bond acceptors (Lipinski definition) is 4. The Balaban J connectivity index is 1.68. The van der Waals surface area contributed by atoms with E-state index in [0.29, 0.717) is 17.1 Å². The van der Waals surface area contributed by atoms with E-state index < -0.39 is 0 Å². The monoisotopic (exact) mass is 332 g/mol. The molecule has 0 saturated heterocycles. The van der Waals surface area contributed by atoms with E-state index in [1.165, 1.54) is 24.3 Å². The topological polar surface area (TPSA) is 66.8 Å². The number of benzene rings is 3. The van der Waals surface area contributed by atoms with Crippen molar-refractivity contribution in [3.05, 3.63) is 90.0 Å². The maximum Gasteiger partial charge on any atom is 0.185 e. The van der Waals surface area contributed by atoms with Crippen LogP contribution in [0.4, 0.5) is 0 Å². The number of carbonyl (C=O) groups excluding carboxylic acids is 1. The van der Waals surface area contributed by atoms with Crippen molar-refractivity contribution in [1.29, 1.82) is 0 Å². The minimum Gasteiger partial charge on any atom is -0.508 e. The summed E-state index contributed by atoms with van der Waals surface area (Å²) >= 11 is 0. The van der Waals surface area contributed by atoms with Crippen LogP contribution >= 0.6 is 0 Å². The van der Waals surface area contributed by atoms with Gasteiger partial charge in [-0.2, -0.15) is 0 Å². The maximum atomic E-state index is 12.0. The van der Waals surface area contributed by atoms with Gasteiger partial charge in [-0.15, -0.1) is 0 Å². The van der Waals surface area contributed by atoms with Gasteiger partial charge >= 0.3 is 0 Å². The Labute approximate surface area is 145 Å². The first-order chi connectivity index (χ1) is 12.1. The van der Waals surface area contributed by atoms with Gasteiger partial charge in [-0.1, -0.05) is 48.5 Å². The predicted molar refractivity (Wildman–Crippen MR) is 96.1 cm³/mol. The summed E-state index contributed by atoms with van der Waals surface area (Å²) in [7, 11) is 0. The molecule has 3 aromatic rings. The van der Waals surface area contributed by atoms with Crippen LogP contribution in [0.1, 0.15) is 15.9 Å². The van der Waals surface area contributed by atoms with Crippen LogP contribution in [-0.2, 0) is 0 Å². The third-order valence-electron chi connectivity index (χ3n) is 3.48. The third-order valence-corrected chi connectivity index (χ3v) is 3.48. The Kier molecular flexibility index (Phi) is 4.81. The normalized spacial score (nSPS) is 10.7. The van der Waals surface area contributed by atoms with Crippen LogP contribution < -0.4 is 4.74 Å². The van der Waals surface area contributed by atoms with Gasteiger partial charge in [0.1, 0.15) is 23.0 Å². The van der Waals surface area contributed by atoms with Gasteiger partial charge < -0.3 is 14.9 Å². The van der Waals surface area contributed by atoms with E-state index in [1.807, 2.05) is 30.3 Å². The fourth-order valence-electron chi connectivity index (χ4n) is 2.28. The molecule has 0 unspecified atom stereocenters. The summed E-state index contributed by atoms with van der Waals surface area (Å²) in [6, 6.07) is 20.2. The van der Waals surface area contributed by atoms with Crippen molar-refractivity contribution in [2.45, 2.75) is 0 Å². The first-order valence-electron chi connectivity index (χ1n) is 7.68. The number of ether oxygens (including phenoxy) is 1. The molecule has 0 heterocycles. The van der Waals surface area contributed by atoms with E-state index in [0.717, 1.165) is 5.56 Å². The second-order valence-electron chi connectivity index (χ2n) is 5.42. The number of phenolic OH excluding ortho intramolecular Hbond substituents is 2. The summed E-state index contributed by atoms with van der Waals surface area (Å²) in [6.07, 6.45) is 3.26. The third kappa shape index (κ3) is 4.48. The van der Waals surface area contributed by atoms with Gasteiger partial charge in [-0.25, -0.2) is 0 Å². The largest absolute Gasteiger partial charge is 0.508 e. The molecule has 124 valence electrons. The average Bonchev–Trinajstić information content (AvgIpc) is 2.61. The molecule has 2 N–H and O–H groups in total. The lowest BCUT2D eigenvalue weighted by Crippen LogP contribution is -1.92. The minimum atomic E-state index is -0.0750. The van der Waals surface area contributed by atoms with Gasteiger partial charge in [0, 0.05) is 23.8 Å². The lowest BCUT2D eigenvalue weighted by Gasteiger charge is -2.07. The molecule has 0 spiro atoms. The van der Waals surface area contributed by atoms with Crippen molar-refractivity contribution in [2.75, 3.05) is 0 Å². The van der Waals surface area contributed by atoms with Gasteiger partial charge in [0.05, 0.1) is 0 Å². The Hall–Kier alpha value is -3.53. The number of ketones is 1. The Morgan fingerprint density at radius 2 is 1.44 bits per heavy atom. The van der Waals surface area contributed by atoms with E-state index in [2.05, 4.69) is 0 Å². The van der Waals surface area contributed by atoms with Crippen molar-refractivity contribution < 1.29 is 19.7 Å². The highest BCUT2D eigenvalue weighted by atomic mass is 16.5. The van der Waals surface area contributed by atoms with Gasteiger partial charge in [-0.05, 0) is 23.8 Å². The summed E-state index contributed by atoms with van der Waals surface area (Å²) in [5.74, 6) is 0.677. The summed E-state index contributed by atoms with van der Waals surface area (Å²) in [5, 5.41) is 18.9. The molecule has 4 nitrogen and oxygen atoms in total. The molecule has 0 aliphatic heterocycles. The Morgan fingerprint density at radius 1 is 0.800 bits per heavy atom. The molecule has 3 aromatic carbocycles. The summed E-state index contributed by atoms with van der Waals surface area (Å²) in [5.41, 5.74) is 1.50. The fourth-order valence-corrected chi connectivity index (χ4v) is 2.28. The quantitative estimate of drug-likeness (QED) is 0.521. The van der Waals surface area contributed by atoms with E-state index in [4.69, 9.17) is 4.74 Å². The lowest BCUT2D eigenvalue weighted by atomic mass is 10.1. The fraction of sp³-hybridized carbons (Fsp3) is 0. The second kappa shape index (κ2) is 7.36. The summed E-state index contributed by atoms with van der Waals surface area (Å²) < 4.78 is 5.58. The summed E-state index contributed by atoms with van der Waals surface area (Å²) in [6.45, 7) is 0. The number of rotatable bonds is 5. The van der Waals surface area contributed by atoms with Crippen molar-refractivity contribution in [2.24, 2.45) is 0 Å². The molecule has 0 radical (unpaired) electrons. The number of carbonyl (C=O) groups is 1. The van der Waals surface area contributed by atoms with Gasteiger partial charge in [0.25, 0.3) is 0 Å². The van der Waals surface area contributed by atoms with E-state index in [9.17, 15) is 15.0 Å². The first kappa shape index (κ1) is 16.3. The highest BCUT2D eigenvalue weighted by Gasteiger charge is 2.03. The number of aromatic hydroxyl groups is 2. The molecule has 0 fully saturated rings. The molecule has 0 aliphatic carbocycles. The molecule has 0 amide bonds. The highest BCUT2D eigenvalue weighted by Crippen LogP contribution is 2.29. The zero-order valence-corrected chi connectivity index (χ0v) is 13.3. The van der Waals surface area contributed by atoms with Gasteiger partial charge in [0.2, 0.25) is 0 Å². The van der Waals surface area contributed by atoms with Crippen molar-refractivity contribution in [3.63, 3.8) is 0 Å². The Morgan fingerprint density at radius 3 is 2.08 bits per heavy atom. The number of hydrogen-bond donors (Lipinski definition) is 2. The van der Waals surface area contributed by atoms with Crippen LogP contribution in [0, 0.1) is 0 Å². The zero-order chi connectivity index (χ0) is 17.6. The molecular weight excluding hydrogens is 316 g/mol. The molecular formula is C21H16O4. The van der Waals surface area contributed by atoms with Crippen molar-refractivity contribution in [1.82, 2.24) is 0 Å². The van der Waals surface area contributed by atoms with Crippen LogP contribution in [0.2, 0.25) is 0 Å². The smallest absolute Gasteiger partial charge is 0.185 e. The van der Waals surface area contributed by atoms with E-state index in [1.54, 1.807) is 30.3 Å². The molecule has 0 aromatic heterocycles. The van der Waals surface area contributed by atoms with Crippen molar-refractivity contribution >= 4 is 11.9 Å². The van der Waals surface area contributed by atoms with Gasteiger partial charge in [0.15, 0.2) is 5.78 Å². The van der Waals surface area contributed by atoms with Gasteiger partial charge in [-0.3, -0.25) is 4.79 Å². The molecule has 25 heavy (non-hydrogen) atoms.